The molecule has 148 valence electrons. The molecule has 5 nitrogen and oxygen atoms in total. The Labute approximate surface area is 163 Å². The van der Waals surface area contributed by atoms with Gasteiger partial charge in [-0.2, -0.15) is 0 Å². The van der Waals surface area contributed by atoms with Gasteiger partial charge in [-0.15, -0.1) is 0 Å². The van der Waals surface area contributed by atoms with Crippen LogP contribution in [-0.4, -0.2) is 35.0 Å². The van der Waals surface area contributed by atoms with Crippen molar-refractivity contribution in [3.63, 3.8) is 0 Å². The molecule has 1 fully saturated rings. The Morgan fingerprint density at radius 3 is 2.79 bits per heavy atom. The first-order valence-corrected chi connectivity index (χ1v) is 9.49. The molecule has 2 aromatic rings. The monoisotopic (exact) mass is 385 g/mol. The van der Waals surface area contributed by atoms with Crippen LogP contribution in [0.1, 0.15) is 41.6 Å². The predicted octanol–water partition coefficient (Wildman–Crippen LogP) is 4.12. The highest BCUT2D eigenvalue weighted by Gasteiger charge is 2.25. The summed E-state index contributed by atoms with van der Waals surface area (Å²) in [7, 11) is 0. The Morgan fingerprint density at radius 1 is 1.18 bits per heavy atom. The van der Waals surface area contributed by atoms with E-state index in [-0.39, 0.29) is 30.7 Å². The topological polar surface area (TPSA) is 66.8 Å². The molecule has 1 heterocycles. The summed E-state index contributed by atoms with van der Waals surface area (Å²) in [6.45, 7) is 1.52. The van der Waals surface area contributed by atoms with Gasteiger partial charge in [0.1, 0.15) is 18.2 Å². The van der Waals surface area contributed by atoms with Gasteiger partial charge < -0.3 is 14.7 Å². The van der Waals surface area contributed by atoms with E-state index >= 15 is 0 Å². The molecule has 1 N–H and O–H groups in total. The zero-order valence-corrected chi connectivity index (χ0v) is 15.6. The smallest absolute Gasteiger partial charge is 0.303 e. The van der Waals surface area contributed by atoms with Crippen molar-refractivity contribution in [1.82, 2.24) is 4.90 Å². The lowest BCUT2D eigenvalue weighted by molar-refractivity contribution is -0.137. The van der Waals surface area contributed by atoms with Crippen LogP contribution in [-0.2, 0) is 11.4 Å². The van der Waals surface area contributed by atoms with Gasteiger partial charge in [0, 0.05) is 31.1 Å². The maximum absolute atomic E-state index is 13.2. The fourth-order valence-corrected chi connectivity index (χ4v) is 3.51. The van der Waals surface area contributed by atoms with E-state index in [9.17, 15) is 14.0 Å². The number of carboxylic acid groups (broad SMARTS) is 1. The maximum atomic E-state index is 13.2. The number of hydrogen-bond acceptors (Lipinski definition) is 3. The molecule has 1 saturated heterocycles. The summed E-state index contributed by atoms with van der Waals surface area (Å²) in [4.78, 5) is 25.5. The molecule has 0 saturated carbocycles. The highest BCUT2D eigenvalue weighted by molar-refractivity contribution is 5.94. The number of rotatable bonds is 7. The van der Waals surface area contributed by atoms with Crippen molar-refractivity contribution in [2.24, 2.45) is 5.92 Å². The van der Waals surface area contributed by atoms with Crippen molar-refractivity contribution in [3.8, 4) is 5.75 Å². The second-order valence-electron chi connectivity index (χ2n) is 7.14. The minimum absolute atomic E-state index is 0.0485. The van der Waals surface area contributed by atoms with Gasteiger partial charge in [0.25, 0.3) is 5.91 Å². The lowest BCUT2D eigenvalue weighted by Crippen LogP contribution is -2.40. The third-order valence-electron chi connectivity index (χ3n) is 4.95. The zero-order chi connectivity index (χ0) is 19.9. The molecule has 0 aliphatic carbocycles. The third-order valence-corrected chi connectivity index (χ3v) is 4.95. The average molecular weight is 385 g/mol. The van der Waals surface area contributed by atoms with Gasteiger partial charge in [0.05, 0.1) is 0 Å². The number of nitrogens with zero attached hydrogens (tertiary/aromatic N) is 1. The summed E-state index contributed by atoms with van der Waals surface area (Å²) >= 11 is 0. The number of carbonyl (C=O) groups excluding carboxylic acids is 1. The van der Waals surface area contributed by atoms with Crippen molar-refractivity contribution >= 4 is 11.9 Å². The van der Waals surface area contributed by atoms with E-state index in [4.69, 9.17) is 9.84 Å². The van der Waals surface area contributed by atoms with Crippen LogP contribution in [0.3, 0.4) is 0 Å². The van der Waals surface area contributed by atoms with Crippen molar-refractivity contribution in [3.05, 3.63) is 65.5 Å². The Kier molecular flexibility index (Phi) is 6.63. The molecule has 28 heavy (non-hydrogen) atoms. The average Bonchev–Trinajstić information content (AvgIpc) is 2.71. The molecule has 1 aliphatic rings. The summed E-state index contributed by atoms with van der Waals surface area (Å²) in [5, 5.41) is 8.86. The number of hydrogen-bond donors (Lipinski definition) is 1. The lowest BCUT2D eigenvalue weighted by atomic mass is 9.93. The van der Waals surface area contributed by atoms with Crippen LogP contribution in [0, 0.1) is 11.7 Å². The largest absolute Gasteiger partial charge is 0.489 e. The molecule has 0 spiro atoms. The van der Waals surface area contributed by atoms with Crippen molar-refractivity contribution in [2.75, 3.05) is 13.1 Å². The van der Waals surface area contributed by atoms with Crippen LogP contribution in [0.2, 0.25) is 0 Å². The van der Waals surface area contributed by atoms with E-state index in [0.29, 0.717) is 30.8 Å². The molecule has 3 rings (SSSR count). The molecule has 0 aromatic heterocycles. The number of aliphatic carboxylic acids is 1. The lowest BCUT2D eigenvalue weighted by Gasteiger charge is -2.32. The van der Waals surface area contributed by atoms with Gasteiger partial charge in [-0.1, -0.05) is 18.2 Å². The number of ether oxygens (including phenoxy) is 1. The van der Waals surface area contributed by atoms with Crippen LogP contribution in [0.5, 0.6) is 5.75 Å². The first-order valence-electron chi connectivity index (χ1n) is 9.49. The predicted molar refractivity (Wildman–Crippen MR) is 103 cm³/mol. The number of benzene rings is 2. The third kappa shape index (κ3) is 5.55. The SMILES string of the molecule is O=C(O)CCC1CCCN(C(=O)c2cccc(COc3cccc(F)c3)c2)C1. The van der Waals surface area contributed by atoms with Crippen LogP contribution in [0.15, 0.2) is 48.5 Å². The highest BCUT2D eigenvalue weighted by Crippen LogP contribution is 2.23. The van der Waals surface area contributed by atoms with E-state index in [1.165, 1.54) is 12.1 Å². The molecular formula is C22H24FNO4. The molecule has 0 bridgehead atoms. The number of halogens is 1. The maximum Gasteiger partial charge on any atom is 0.303 e. The van der Waals surface area contributed by atoms with Crippen molar-refractivity contribution in [1.29, 1.82) is 0 Å². The summed E-state index contributed by atoms with van der Waals surface area (Å²) in [5.74, 6) is -0.534. The fourth-order valence-electron chi connectivity index (χ4n) is 3.51. The molecule has 1 atom stereocenters. The summed E-state index contributed by atoms with van der Waals surface area (Å²) < 4.78 is 18.8. The second kappa shape index (κ2) is 9.35. The van der Waals surface area contributed by atoms with Crippen LogP contribution >= 0.6 is 0 Å². The Bertz CT molecular complexity index is 839. The van der Waals surface area contributed by atoms with Crippen LogP contribution in [0.4, 0.5) is 4.39 Å². The minimum Gasteiger partial charge on any atom is -0.489 e. The fraction of sp³-hybridized carbons (Fsp3) is 0.364. The Hall–Kier alpha value is -2.89. The number of amides is 1. The minimum atomic E-state index is -0.797. The van der Waals surface area contributed by atoms with E-state index < -0.39 is 5.97 Å². The molecular weight excluding hydrogens is 361 g/mol. The first-order chi connectivity index (χ1) is 13.5. The van der Waals surface area contributed by atoms with Gasteiger partial charge in [-0.3, -0.25) is 9.59 Å². The standard InChI is InChI=1S/C22H24FNO4/c23-19-7-2-8-20(13-19)28-15-17-4-1-6-18(12-17)22(27)24-11-3-5-16(14-24)9-10-21(25)26/h1-2,4,6-8,12-13,16H,3,5,9-11,14-15H2,(H,25,26). The van der Waals surface area contributed by atoms with E-state index in [2.05, 4.69) is 0 Å². The quantitative estimate of drug-likeness (QED) is 0.779. The summed E-state index contributed by atoms with van der Waals surface area (Å²) in [5.41, 5.74) is 1.41. The van der Waals surface area contributed by atoms with Gasteiger partial charge in [-0.05, 0) is 55.0 Å². The van der Waals surface area contributed by atoms with Gasteiger partial charge in [0.15, 0.2) is 0 Å². The van der Waals surface area contributed by atoms with Crippen LogP contribution < -0.4 is 4.74 Å². The number of carbonyl (C=O) groups is 2. The second-order valence-corrected chi connectivity index (χ2v) is 7.14. The van der Waals surface area contributed by atoms with E-state index in [0.717, 1.165) is 18.4 Å². The van der Waals surface area contributed by atoms with Crippen molar-refractivity contribution < 1.29 is 23.8 Å². The van der Waals surface area contributed by atoms with Gasteiger partial charge in [0.2, 0.25) is 0 Å². The molecule has 0 radical (unpaired) electrons. The first kappa shape index (κ1) is 19.9. The molecule has 1 amide bonds. The molecule has 1 unspecified atom stereocenters. The van der Waals surface area contributed by atoms with Crippen LogP contribution in [0.25, 0.3) is 0 Å². The summed E-state index contributed by atoms with van der Waals surface area (Å²) in [6, 6.07) is 13.2. The number of likely N-dealkylation sites (tertiary alicyclic amines) is 1. The Morgan fingerprint density at radius 2 is 2.00 bits per heavy atom. The normalized spacial score (nSPS) is 16.6. The molecule has 6 heteroatoms. The molecule has 2 aromatic carbocycles. The summed E-state index contributed by atoms with van der Waals surface area (Å²) in [6.07, 6.45) is 2.58. The molecule has 1 aliphatic heterocycles. The van der Waals surface area contributed by atoms with E-state index in [1.54, 1.807) is 24.3 Å². The van der Waals surface area contributed by atoms with Crippen molar-refractivity contribution in [2.45, 2.75) is 32.3 Å². The number of piperidine rings is 1. The van der Waals surface area contributed by atoms with Gasteiger partial charge in [-0.25, -0.2) is 4.39 Å². The zero-order valence-electron chi connectivity index (χ0n) is 15.6. The van der Waals surface area contributed by atoms with Gasteiger partial charge >= 0.3 is 5.97 Å². The Balaban J connectivity index is 1.60. The number of carboxylic acids is 1. The highest BCUT2D eigenvalue weighted by atomic mass is 19.1. The van der Waals surface area contributed by atoms with E-state index in [1.807, 2.05) is 17.0 Å².